The molecule has 5 heteroatoms. The Morgan fingerprint density at radius 3 is 2.92 bits per heavy atom. The van der Waals surface area contributed by atoms with Crippen molar-refractivity contribution < 1.29 is 0 Å². The molecule has 3 aromatic rings. The molecule has 2 N–H and O–H groups in total. The summed E-state index contributed by atoms with van der Waals surface area (Å²) >= 11 is 0. The van der Waals surface area contributed by atoms with Crippen molar-refractivity contribution in [2.45, 2.75) is 52.0 Å². The molecule has 0 spiro atoms. The predicted octanol–water partition coefficient (Wildman–Crippen LogP) is 4.06. The van der Waals surface area contributed by atoms with E-state index in [1.54, 1.807) is 0 Å². The van der Waals surface area contributed by atoms with Crippen molar-refractivity contribution in [3.05, 3.63) is 36.6 Å². The number of aromatic amines is 1. The third kappa shape index (κ3) is 3.03. The average molecular weight is 337 g/mol. The first-order chi connectivity index (χ1) is 11.9. The molecule has 3 aromatic heterocycles. The number of hydrogen-bond acceptors (Lipinski definition) is 3. The van der Waals surface area contributed by atoms with Gasteiger partial charge in [0.25, 0.3) is 0 Å². The summed E-state index contributed by atoms with van der Waals surface area (Å²) in [7, 11) is 2.08. The number of fused-ring (bicyclic) bond motifs is 3. The molecule has 0 amide bonds. The SMILES string of the molecule is C=C(Cc1nc2cnc3[nH]ccc3c2n1C)NC1CCC(C)(C)CC1. The van der Waals surface area contributed by atoms with Crippen LogP contribution in [-0.2, 0) is 13.5 Å². The maximum atomic E-state index is 4.78. The van der Waals surface area contributed by atoms with Gasteiger partial charge in [-0.3, -0.25) is 0 Å². The van der Waals surface area contributed by atoms with Gasteiger partial charge in [0, 0.05) is 36.8 Å². The first kappa shape index (κ1) is 16.2. The van der Waals surface area contributed by atoms with Crippen LogP contribution in [0.3, 0.4) is 0 Å². The molecule has 132 valence electrons. The highest BCUT2D eigenvalue weighted by Crippen LogP contribution is 2.35. The molecule has 4 rings (SSSR count). The van der Waals surface area contributed by atoms with Crippen LogP contribution in [0, 0.1) is 5.41 Å². The molecule has 1 fully saturated rings. The fourth-order valence-electron chi connectivity index (χ4n) is 3.99. The topological polar surface area (TPSA) is 58.5 Å². The zero-order valence-electron chi connectivity index (χ0n) is 15.4. The van der Waals surface area contributed by atoms with Crippen LogP contribution < -0.4 is 5.32 Å². The second kappa shape index (κ2) is 5.90. The summed E-state index contributed by atoms with van der Waals surface area (Å²) in [6.45, 7) is 8.99. The van der Waals surface area contributed by atoms with Crippen molar-refractivity contribution in [2.24, 2.45) is 12.5 Å². The number of nitrogens with one attached hydrogen (secondary N) is 2. The number of aromatic nitrogens is 4. The second-order valence-corrected chi connectivity index (χ2v) is 8.18. The molecule has 3 heterocycles. The highest BCUT2D eigenvalue weighted by Gasteiger charge is 2.26. The largest absolute Gasteiger partial charge is 0.386 e. The normalized spacial score (nSPS) is 18.0. The van der Waals surface area contributed by atoms with Gasteiger partial charge in [-0.2, -0.15) is 0 Å². The lowest BCUT2D eigenvalue weighted by molar-refractivity contribution is 0.212. The summed E-state index contributed by atoms with van der Waals surface area (Å²) in [6, 6.07) is 2.61. The van der Waals surface area contributed by atoms with E-state index in [4.69, 9.17) is 4.98 Å². The lowest BCUT2D eigenvalue weighted by Gasteiger charge is -2.35. The second-order valence-electron chi connectivity index (χ2n) is 8.18. The van der Waals surface area contributed by atoms with Gasteiger partial charge in [0.05, 0.1) is 11.7 Å². The van der Waals surface area contributed by atoms with Crippen molar-refractivity contribution in [3.8, 4) is 0 Å². The molecule has 0 radical (unpaired) electrons. The van der Waals surface area contributed by atoms with Gasteiger partial charge in [0.2, 0.25) is 0 Å². The Morgan fingerprint density at radius 2 is 2.16 bits per heavy atom. The van der Waals surface area contributed by atoms with Crippen LogP contribution >= 0.6 is 0 Å². The van der Waals surface area contributed by atoms with Crippen LogP contribution in [0.5, 0.6) is 0 Å². The number of nitrogens with zero attached hydrogens (tertiary/aromatic N) is 3. The van der Waals surface area contributed by atoms with Gasteiger partial charge in [-0.15, -0.1) is 0 Å². The number of aryl methyl sites for hydroxylation is 1. The maximum Gasteiger partial charge on any atom is 0.139 e. The fraction of sp³-hybridized carbons (Fsp3) is 0.500. The van der Waals surface area contributed by atoms with Crippen LogP contribution in [0.4, 0.5) is 0 Å². The Labute approximate surface area is 148 Å². The number of allylic oxidation sites excluding steroid dienone is 1. The van der Waals surface area contributed by atoms with Crippen molar-refractivity contribution in [1.29, 1.82) is 0 Å². The highest BCUT2D eigenvalue weighted by molar-refractivity contribution is 6.01. The summed E-state index contributed by atoms with van der Waals surface area (Å²) in [5, 5.41) is 4.76. The molecule has 0 unspecified atom stereocenters. The molecule has 1 saturated carbocycles. The molecular weight excluding hydrogens is 310 g/mol. The van der Waals surface area contributed by atoms with Gasteiger partial charge in [-0.05, 0) is 37.2 Å². The summed E-state index contributed by atoms with van der Waals surface area (Å²) in [4.78, 5) is 12.4. The van der Waals surface area contributed by atoms with Gasteiger partial charge in [0.1, 0.15) is 17.0 Å². The van der Waals surface area contributed by atoms with E-state index in [-0.39, 0.29) is 0 Å². The van der Waals surface area contributed by atoms with Crippen LogP contribution in [0.25, 0.3) is 22.1 Å². The van der Waals surface area contributed by atoms with Gasteiger partial charge >= 0.3 is 0 Å². The van der Waals surface area contributed by atoms with Crippen molar-refractivity contribution in [3.63, 3.8) is 0 Å². The predicted molar refractivity (Wildman–Crippen MR) is 102 cm³/mol. The molecule has 5 nitrogen and oxygen atoms in total. The van der Waals surface area contributed by atoms with Crippen LogP contribution in [0.2, 0.25) is 0 Å². The molecule has 0 aromatic carbocycles. The summed E-state index contributed by atoms with van der Waals surface area (Å²) in [6.07, 6.45) is 9.52. The average Bonchev–Trinajstić information content (AvgIpc) is 3.14. The molecule has 1 aliphatic carbocycles. The van der Waals surface area contributed by atoms with E-state index >= 15 is 0 Å². The number of imidazole rings is 1. The van der Waals surface area contributed by atoms with Gasteiger partial charge in [-0.1, -0.05) is 20.4 Å². The molecule has 1 aliphatic rings. The minimum Gasteiger partial charge on any atom is -0.386 e. The zero-order chi connectivity index (χ0) is 17.6. The monoisotopic (exact) mass is 337 g/mol. The van der Waals surface area contributed by atoms with Crippen LogP contribution in [0.15, 0.2) is 30.7 Å². The minimum atomic E-state index is 0.492. The van der Waals surface area contributed by atoms with Crippen molar-refractivity contribution in [1.82, 2.24) is 24.8 Å². The van der Waals surface area contributed by atoms with E-state index in [1.165, 1.54) is 25.7 Å². The standard InChI is InChI=1S/C20H27N5/c1-13(23-14-5-8-20(2,3)9-6-14)11-17-24-16-12-22-19-15(7-10-21-19)18(16)25(17)4/h7,10,12,14,23H,1,5-6,8-9,11H2,2-4H3,(H,21,22). The van der Waals surface area contributed by atoms with Gasteiger partial charge in [0.15, 0.2) is 0 Å². The lowest BCUT2D eigenvalue weighted by Crippen LogP contribution is -2.35. The minimum absolute atomic E-state index is 0.492. The lowest BCUT2D eigenvalue weighted by atomic mass is 9.75. The quantitative estimate of drug-likeness (QED) is 0.754. The Balaban J connectivity index is 1.51. The first-order valence-corrected chi connectivity index (χ1v) is 9.15. The first-order valence-electron chi connectivity index (χ1n) is 9.15. The van der Waals surface area contributed by atoms with E-state index in [2.05, 4.69) is 53.4 Å². The number of H-pyrrole nitrogens is 1. The maximum absolute atomic E-state index is 4.78. The van der Waals surface area contributed by atoms with Crippen molar-refractivity contribution >= 4 is 22.1 Å². The molecule has 25 heavy (non-hydrogen) atoms. The summed E-state index contributed by atoms with van der Waals surface area (Å²) < 4.78 is 2.17. The van der Waals surface area contributed by atoms with E-state index in [0.29, 0.717) is 11.5 Å². The Kier molecular flexibility index (Phi) is 3.82. The molecule has 0 bridgehead atoms. The fourth-order valence-corrected chi connectivity index (χ4v) is 3.99. The smallest absolute Gasteiger partial charge is 0.139 e. The van der Waals surface area contributed by atoms with E-state index < -0.39 is 0 Å². The van der Waals surface area contributed by atoms with Gasteiger partial charge < -0.3 is 14.9 Å². The van der Waals surface area contributed by atoms with Crippen LogP contribution in [0.1, 0.15) is 45.4 Å². The third-order valence-corrected chi connectivity index (χ3v) is 5.63. The summed E-state index contributed by atoms with van der Waals surface area (Å²) in [5.74, 6) is 1.03. The Bertz CT molecular complexity index is 920. The Morgan fingerprint density at radius 1 is 1.40 bits per heavy atom. The third-order valence-electron chi connectivity index (χ3n) is 5.63. The van der Waals surface area contributed by atoms with Gasteiger partial charge in [-0.25, -0.2) is 9.97 Å². The number of rotatable bonds is 4. The molecule has 0 saturated heterocycles. The summed E-state index contributed by atoms with van der Waals surface area (Å²) in [5.41, 5.74) is 4.53. The molecule has 0 aliphatic heterocycles. The number of pyridine rings is 1. The van der Waals surface area contributed by atoms with E-state index in [1.807, 2.05) is 12.4 Å². The molecule has 0 atom stereocenters. The Hall–Kier alpha value is -2.30. The number of hydrogen-bond donors (Lipinski definition) is 2. The zero-order valence-corrected chi connectivity index (χ0v) is 15.4. The van der Waals surface area contributed by atoms with Crippen LogP contribution in [-0.4, -0.2) is 25.6 Å². The van der Waals surface area contributed by atoms with E-state index in [9.17, 15) is 0 Å². The molecular formula is C20H27N5. The van der Waals surface area contributed by atoms with Crippen molar-refractivity contribution in [2.75, 3.05) is 0 Å². The van der Waals surface area contributed by atoms with E-state index in [0.717, 1.165) is 40.0 Å². The highest BCUT2D eigenvalue weighted by atomic mass is 15.1.